The van der Waals surface area contributed by atoms with Crippen LogP contribution in [0.2, 0.25) is 0 Å². The second-order valence-corrected chi connectivity index (χ2v) is 6.19. The summed E-state index contributed by atoms with van der Waals surface area (Å²) in [6.07, 6.45) is -5.61. The number of hydrogen-bond donors (Lipinski definition) is 1. The SMILES string of the molecule is CC1(C)SSC(C(F)(F)F)C1O. The average molecular weight is 218 g/mol. The number of aliphatic hydroxyl groups excluding tert-OH is 1. The molecule has 6 heteroatoms. The highest BCUT2D eigenvalue weighted by atomic mass is 33.1. The molecule has 0 aliphatic carbocycles. The van der Waals surface area contributed by atoms with Crippen molar-refractivity contribution in [1.29, 1.82) is 0 Å². The van der Waals surface area contributed by atoms with E-state index in [0.29, 0.717) is 10.8 Å². The predicted molar refractivity (Wildman–Crippen MR) is 45.1 cm³/mol. The Hall–Kier alpha value is 0.450. The van der Waals surface area contributed by atoms with E-state index in [0.717, 1.165) is 10.8 Å². The first kappa shape index (κ1) is 10.5. The van der Waals surface area contributed by atoms with E-state index >= 15 is 0 Å². The van der Waals surface area contributed by atoms with E-state index in [9.17, 15) is 18.3 Å². The van der Waals surface area contributed by atoms with Gasteiger partial charge in [-0.25, -0.2) is 0 Å². The standard InChI is InChI=1S/C6H9F3OS2/c1-5(2)3(10)4(11-12-5)6(7,8)9/h3-4,10H,1-2H3. The zero-order chi connectivity index (χ0) is 9.57. The molecule has 1 saturated heterocycles. The van der Waals surface area contributed by atoms with Crippen LogP contribution in [0.5, 0.6) is 0 Å². The van der Waals surface area contributed by atoms with Gasteiger partial charge in [0, 0.05) is 4.75 Å². The molecule has 0 bridgehead atoms. The number of alkyl halides is 3. The minimum absolute atomic E-state index is 0.704. The maximum Gasteiger partial charge on any atom is 0.403 e. The molecule has 1 fully saturated rings. The van der Waals surface area contributed by atoms with Crippen LogP contribution in [0.1, 0.15) is 13.8 Å². The normalized spacial score (nSPS) is 35.5. The van der Waals surface area contributed by atoms with E-state index in [-0.39, 0.29) is 0 Å². The Morgan fingerprint density at radius 3 is 2.00 bits per heavy atom. The van der Waals surface area contributed by atoms with Gasteiger partial charge in [0.2, 0.25) is 0 Å². The Bertz CT molecular complexity index is 180. The minimum Gasteiger partial charge on any atom is -0.390 e. The molecular weight excluding hydrogens is 209 g/mol. The molecule has 1 aliphatic rings. The van der Waals surface area contributed by atoms with Crippen LogP contribution in [-0.4, -0.2) is 27.4 Å². The second kappa shape index (κ2) is 2.99. The lowest BCUT2D eigenvalue weighted by Crippen LogP contribution is -2.42. The van der Waals surface area contributed by atoms with E-state index in [1.165, 1.54) is 0 Å². The first-order chi connectivity index (χ1) is 5.25. The Balaban J connectivity index is 2.74. The summed E-state index contributed by atoms with van der Waals surface area (Å²) in [5.74, 6) is 0. The number of halogens is 3. The van der Waals surface area contributed by atoms with E-state index in [4.69, 9.17) is 0 Å². The number of hydrogen-bond acceptors (Lipinski definition) is 3. The second-order valence-electron chi connectivity index (χ2n) is 3.19. The highest BCUT2D eigenvalue weighted by Crippen LogP contribution is 2.55. The van der Waals surface area contributed by atoms with Crippen molar-refractivity contribution >= 4 is 21.6 Å². The van der Waals surface area contributed by atoms with E-state index in [1.807, 2.05) is 0 Å². The first-order valence-corrected chi connectivity index (χ1v) is 5.56. The van der Waals surface area contributed by atoms with E-state index in [2.05, 4.69) is 0 Å². The van der Waals surface area contributed by atoms with Crippen LogP contribution in [0.4, 0.5) is 13.2 Å². The highest BCUT2D eigenvalue weighted by Gasteiger charge is 2.55. The molecule has 2 unspecified atom stereocenters. The monoisotopic (exact) mass is 218 g/mol. The molecule has 0 radical (unpaired) electrons. The van der Waals surface area contributed by atoms with Gasteiger partial charge in [0.25, 0.3) is 0 Å². The van der Waals surface area contributed by atoms with Crippen molar-refractivity contribution in [2.24, 2.45) is 0 Å². The van der Waals surface area contributed by atoms with Crippen molar-refractivity contribution in [2.75, 3.05) is 0 Å². The van der Waals surface area contributed by atoms with Crippen LogP contribution in [0.25, 0.3) is 0 Å². The highest BCUT2D eigenvalue weighted by molar-refractivity contribution is 8.78. The molecule has 12 heavy (non-hydrogen) atoms. The number of rotatable bonds is 0. The molecule has 0 spiro atoms. The Kier molecular flexibility index (Phi) is 2.62. The molecule has 0 aromatic carbocycles. The summed E-state index contributed by atoms with van der Waals surface area (Å²) in [6, 6.07) is 0. The van der Waals surface area contributed by atoms with Crippen LogP contribution in [0.3, 0.4) is 0 Å². The summed E-state index contributed by atoms with van der Waals surface area (Å²) in [5, 5.41) is 7.65. The minimum atomic E-state index is -4.30. The zero-order valence-corrected chi connectivity index (χ0v) is 8.19. The van der Waals surface area contributed by atoms with Gasteiger partial charge >= 0.3 is 6.18 Å². The van der Waals surface area contributed by atoms with Crippen LogP contribution in [0.15, 0.2) is 0 Å². The zero-order valence-electron chi connectivity index (χ0n) is 6.55. The third kappa shape index (κ3) is 1.85. The molecule has 0 aromatic heterocycles. The molecule has 1 rings (SSSR count). The van der Waals surface area contributed by atoms with E-state index < -0.39 is 22.3 Å². The molecule has 0 aromatic rings. The van der Waals surface area contributed by atoms with Gasteiger partial charge in [-0.2, -0.15) is 13.2 Å². The molecule has 0 amide bonds. The quantitative estimate of drug-likeness (QED) is 0.631. The summed E-state index contributed by atoms with van der Waals surface area (Å²) >= 11 is 0. The topological polar surface area (TPSA) is 20.2 Å². The summed E-state index contributed by atoms with van der Waals surface area (Å²) in [6.45, 7) is 3.22. The lowest BCUT2D eigenvalue weighted by molar-refractivity contribution is -0.148. The van der Waals surface area contributed by atoms with Gasteiger partial charge in [0.15, 0.2) is 0 Å². The largest absolute Gasteiger partial charge is 0.403 e. The van der Waals surface area contributed by atoms with Gasteiger partial charge < -0.3 is 5.11 Å². The average Bonchev–Trinajstić information content (AvgIpc) is 2.06. The van der Waals surface area contributed by atoms with Crippen molar-refractivity contribution in [3.63, 3.8) is 0 Å². The Labute approximate surface area is 76.5 Å². The molecule has 72 valence electrons. The van der Waals surface area contributed by atoms with Crippen LogP contribution >= 0.6 is 21.6 Å². The third-order valence-electron chi connectivity index (χ3n) is 1.69. The van der Waals surface area contributed by atoms with Crippen LogP contribution in [0, 0.1) is 0 Å². The molecular formula is C6H9F3OS2. The van der Waals surface area contributed by atoms with Gasteiger partial charge in [-0.15, -0.1) is 0 Å². The smallest absolute Gasteiger partial charge is 0.390 e. The van der Waals surface area contributed by atoms with Crippen molar-refractivity contribution in [3.8, 4) is 0 Å². The van der Waals surface area contributed by atoms with Crippen molar-refractivity contribution < 1.29 is 18.3 Å². The Morgan fingerprint density at radius 1 is 1.33 bits per heavy atom. The van der Waals surface area contributed by atoms with Crippen molar-refractivity contribution in [2.45, 2.75) is 36.1 Å². The summed E-state index contributed by atoms with van der Waals surface area (Å²) in [7, 11) is 1.80. The van der Waals surface area contributed by atoms with E-state index in [1.54, 1.807) is 13.8 Å². The molecule has 0 saturated carbocycles. The molecule has 2 atom stereocenters. The Morgan fingerprint density at radius 2 is 1.83 bits per heavy atom. The molecule has 1 nitrogen and oxygen atoms in total. The van der Waals surface area contributed by atoms with Crippen molar-refractivity contribution in [1.82, 2.24) is 0 Å². The fourth-order valence-corrected chi connectivity index (χ4v) is 4.10. The van der Waals surface area contributed by atoms with Crippen LogP contribution < -0.4 is 0 Å². The predicted octanol–water partition coefficient (Wildman–Crippen LogP) is 2.45. The maximum atomic E-state index is 12.2. The number of aliphatic hydroxyl groups is 1. The lowest BCUT2D eigenvalue weighted by atomic mass is 10.0. The first-order valence-electron chi connectivity index (χ1n) is 3.34. The van der Waals surface area contributed by atoms with Gasteiger partial charge in [-0.1, -0.05) is 21.6 Å². The molecule has 1 aliphatic heterocycles. The molecule has 1 N–H and O–H groups in total. The van der Waals surface area contributed by atoms with Gasteiger partial charge in [0.05, 0.1) is 6.10 Å². The fourth-order valence-electron chi connectivity index (χ4n) is 0.876. The van der Waals surface area contributed by atoms with Gasteiger partial charge in [-0.05, 0) is 13.8 Å². The van der Waals surface area contributed by atoms with Crippen LogP contribution in [-0.2, 0) is 0 Å². The summed E-state index contributed by atoms with van der Waals surface area (Å²) in [5.41, 5.74) is 0. The maximum absolute atomic E-state index is 12.2. The van der Waals surface area contributed by atoms with Gasteiger partial charge in [0.1, 0.15) is 5.25 Å². The molecule has 1 heterocycles. The lowest BCUT2D eigenvalue weighted by Gasteiger charge is -2.23. The summed E-state index contributed by atoms with van der Waals surface area (Å²) < 4.78 is 35.8. The van der Waals surface area contributed by atoms with Crippen molar-refractivity contribution in [3.05, 3.63) is 0 Å². The fraction of sp³-hybridized carbons (Fsp3) is 1.00. The summed E-state index contributed by atoms with van der Waals surface area (Å²) in [4.78, 5) is 0. The third-order valence-corrected chi connectivity index (χ3v) is 5.39. The van der Waals surface area contributed by atoms with Gasteiger partial charge in [-0.3, -0.25) is 0 Å².